The molecule has 344 valence electrons. The first kappa shape index (κ1) is 56.8. The van der Waals surface area contributed by atoms with Crippen LogP contribution in [0.15, 0.2) is 48.6 Å². The van der Waals surface area contributed by atoms with Gasteiger partial charge < -0.3 is 20.3 Å². The van der Waals surface area contributed by atoms with E-state index >= 15 is 0 Å². The maximum absolute atomic E-state index is 12.4. The molecule has 3 N–H and O–H groups in total. The molecule has 0 radical (unpaired) electrons. The zero-order chi connectivity index (χ0) is 43.0. The number of carbonyl (C=O) groups is 2. The van der Waals surface area contributed by atoms with Crippen molar-refractivity contribution >= 4 is 11.9 Å². The van der Waals surface area contributed by atoms with E-state index in [0.717, 1.165) is 64.2 Å². The van der Waals surface area contributed by atoms with Crippen LogP contribution in [0.1, 0.15) is 251 Å². The fourth-order valence-corrected chi connectivity index (χ4v) is 7.42. The van der Waals surface area contributed by atoms with Crippen LogP contribution in [-0.2, 0) is 14.3 Å². The van der Waals surface area contributed by atoms with Gasteiger partial charge in [0.1, 0.15) is 0 Å². The van der Waals surface area contributed by atoms with E-state index in [0.29, 0.717) is 32.3 Å². The van der Waals surface area contributed by atoms with Crippen molar-refractivity contribution in [1.82, 2.24) is 5.32 Å². The van der Waals surface area contributed by atoms with Crippen molar-refractivity contribution in [3.63, 3.8) is 0 Å². The minimum Gasteiger partial charge on any atom is -0.466 e. The SMILES string of the molecule is CCCCC/C=C\C/C=C\CCCCCCCC(=O)OCCCCCCCC/C=C\C/C=C\CCC(=O)NC(CO)C(O)CCCCCCCCCCCCCCCC. The third-order valence-corrected chi connectivity index (χ3v) is 11.4. The molecule has 6 heteroatoms. The van der Waals surface area contributed by atoms with Crippen LogP contribution >= 0.6 is 0 Å². The number of rotatable bonds is 46. The van der Waals surface area contributed by atoms with Crippen molar-refractivity contribution in [1.29, 1.82) is 0 Å². The quantitative estimate of drug-likeness (QED) is 0.0323. The monoisotopic (exact) mass is 828 g/mol. The molecule has 0 aromatic heterocycles. The second-order valence-electron chi connectivity index (χ2n) is 17.1. The van der Waals surface area contributed by atoms with Gasteiger partial charge >= 0.3 is 5.97 Å². The number of allylic oxidation sites excluding steroid dienone is 8. The molecule has 6 nitrogen and oxygen atoms in total. The molecule has 0 aliphatic carbocycles. The van der Waals surface area contributed by atoms with Gasteiger partial charge in [0.25, 0.3) is 0 Å². The minimum absolute atomic E-state index is 0.0318. The third-order valence-electron chi connectivity index (χ3n) is 11.4. The first-order valence-corrected chi connectivity index (χ1v) is 25.4. The van der Waals surface area contributed by atoms with Crippen LogP contribution in [0.25, 0.3) is 0 Å². The van der Waals surface area contributed by atoms with Gasteiger partial charge in [-0.25, -0.2) is 0 Å². The summed E-state index contributed by atoms with van der Waals surface area (Å²) in [5.74, 6) is -0.149. The number of hydrogen-bond donors (Lipinski definition) is 3. The number of esters is 1. The topological polar surface area (TPSA) is 95.9 Å². The van der Waals surface area contributed by atoms with Crippen molar-refractivity contribution in [3.8, 4) is 0 Å². The predicted octanol–water partition coefficient (Wildman–Crippen LogP) is 15.1. The van der Waals surface area contributed by atoms with E-state index in [4.69, 9.17) is 4.74 Å². The van der Waals surface area contributed by atoms with E-state index in [1.165, 1.54) is 148 Å². The van der Waals surface area contributed by atoms with Crippen LogP contribution in [0.4, 0.5) is 0 Å². The molecule has 0 saturated heterocycles. The Morgan fingerprint density at radius 3 is 1.36 bits per heavy atom. The van der Waals surface area contributed by atoms with Gasteiger partial charge in [-0.2, -0.15) is 0 Å². The molecule has 0 spiro atoms. The van der Waals surface area contributed by atoms with Gasteiger partial charge in [0.05, 0.1) is 25.4 Å². The molecular weight excluding hydrogens is 731 g/mol. The Morgan fingerprint density at radius 2 is 0.864 bits per heavy atom. The second-order valence-corrected chi connectivity index (χ2v) is 17.1. The number of nitrogens with one attached hydrogen (secondary N) is 1. The largest absolute Gasteiger partial charge is 0.466 e. The van der Waals surface area contributed by atoms with Gasteiger partial charge in [-0.1, -0.05) is 210 Å². The number of carbonyl (C=O) groups excluding carboxylic acids is 2. The van der Waals surface area contributed by atoms with Crippen molar-refractivity contribution in [2.45, 2.75) is 264 Å². The van der Waals surface area contributed by atoms with Gasteiger partial charge in [0.15, 0.2) is 0 Å². The number of aliphatic hydroxyl groups is 2. The summed E-state index contributed by atoms with van der Waals surface area (Å²) in [4.78, 5) is 24.4. The zero-order valence-corrected chi connectivity index (χ0v) is 39.0. The molecule has 59 heavy (non-hydrogen) atoms. The lowest BCUT2D eigenvalue weighted by atomic mass is 10.0. The fourth-order valence-electron chi connectivity index (χ4n) is 7.42. The van der Waals surface area contributed by atoms with Crippen molar-refractivity contribution in [2.75, 3.05) is 13.2 Å². The Hall–Kier alpha value is -2.18. The molecular formula is C53H97NO5. The van der Waals surface area contributed by atoms with Crippen LogP contribution in [-0.4, -0.2) is 47.4 Å². The van der Waals surface area contributed by atoms with Crippen LogP contribution in [0, 0.1) is 0 Å². The highest BCUT2D eigenvalue weighted by Gasteiger charge is 2.19. The summed E-state index contributed by atoms with van der Waals surface area (Å²) in [6, 6.07) is -0.586. The van der Waals surface area contributed by atoms with Crippen molar-refractivity contribution in [2.24, 2.45) is 0 Å². The molecule has 1 amide bonds. The number of hydrogen-bond acceptors (Lipinski definition) is 5. The highest BCUT2D eigenvalue weighted by molar-refractivity contribution is 5.76. The molecule has 0 aliphatic rings. The first-order chi connectivity index (χ1) is 29.0. The van der Waals surface area contributed by atoms with Gasteiger partial charge in [-0.15, -0.1) is 0 Å². The number of amides is 1. The Kier molecular flexibility index (Phi) is 46.7. The fraction of sp³-hybridized carbons (Fsp3) is 0.811. The number of aliphatic hydroxyl groups excluding tert-OH is 2. The van der Waals surface area contributed by atoms with Crippen LogP contribution in [0.2, 0.25) is 0 Å². The molecule has 0 aromatic rings. The molecule has 0 saturated carbocycles. The van der Waals surface area contributed by atoms with Crippen LogP contribution in [0.5, 0.6) is 0 Å². The highest BCUT2D eigenvalue weighted by atomic mass is 16.5. The van der Waals surface area contributed by atoms with Gasteiger partial charge in [0, 0.05) is 12.8 Å². The minimum atomic E-state index is -0.700. The van der Waals surface area contributed by atoms with Crippen LogP contribution < -0.4 is 5.32 Å². The highest BCUT2D eigenvalue weighted by Crippen LogP contribution is 2.15. The summed E-state index contributed by atoms with van der Waals surface area (Å²) < 4.78 is 5.44. The lowest BCUT2D eigenvalue weighted by Crippen LogP contribution is -2.45. The summed E-state index contributed by atoms with van der Waals surface area (Å²) in [6.45, 7) is 4.84. The van der Waals surface area contributed by atoms with E-state index < -0.39 is 12.1 Å². The Morgan fingerprint density at radius 1 is 0.475 bits per heavy atom. The Labute approximate surface area is 366 Å². The normalized spacial score (nSPS) is 13.1. The predicted molar refractivity (Wildman–Crippen MR) is 255 cm³/mol. The zero-order valence-electron chi connectivity index (χ0n) is 39.0. The van der Waals surface area contributed by atoms with E-state index in [1.54, 1.807) is 0 Å². The lowest BCUT2D eigenvalue weighted by Gasteiger charge is -2.22. The van der Waals surface area contributed by atoms with Gasteiger partial charge in [-0.3, -0.25) is 9.59 Å². The van der Waals surface area contributed by atoms with E-state index in [-0.39, 0.29) is 18.5 Å². The van der Waals surface area contributed by atoms with E-state index in [9.17, 15) is 19.8 Å². The third kappa shape index (κ3) is 45.2. The van der Waals surface area contributed by atoms with Crippen LogP contribution in [0.3, 0.4) is 0 Å². The molecule has 0 aliphatic heterocycles. The van der Waals surface area contributed by atoms with Crippen molar-refractivity contribution in [3.05, 3.63) is 48.6 Å². The maximum atomic E-state index is 12.4. The summed E-state index contributed by atoms with van der Waals surface area (Å²) in [7, 11) is 0. The number of unbranched alkanes of at least 4 members (excludes halogenated alkanes) is 27. The summed E-state index contributed by atoms with van der Waals surface area (Å²) in [5, 5.41) is 23.1. The molecule has 2 atom stereocenters. The van der Waals surface area contributed by atoms with Gasteiger partial charge in [-0.05, 0) is 77.0 Å². The van der Waals surface area contributed by atoms with Crippen molar-refractivity contribution < 1.29 is 24.5 Å². The molecule has 0 heterocycles. The second kappa shape index (κ2) is 48.5. The van der Waals surface area contributed by atoms with E-state index in [1.807, 2.05) is 6.08 Å². The maximum Gasteiger partial charge on any atom is 0.305 e. The average Bonchev–Trinajstić information content (AvgIpc) is 3.24. The number of ether oxygens (including phenoxy) is 1. The smallest absolute Gasteiger partial charge is 0.305 e. The lowest BCUT2D eigenvalue weighted by molar-refractivity contribution is -0.143. The Bertz CT molecular complexity index is 1000. The molecule has 0 fully saturated rings. The summed E-state index contributed by atoms with van der Waals surface area (Å²) in [6.07, 6.45) is 59.4. The first-order valence-electron chi connectivity index (χ1n) is 25.4. The molecule has 0 rings (SSSR count). The summed E-state index contributed by atoms with van der Waals surface area (Å²) >= 11 is 0. The van der Waals surface area contributed by atoms with Gasteiger partial charge in [0.2, 0.25) is 5.91 Å². The summed E-state index contributed by atoms with van der Waals surface area (Å²) in [5.41, 5.74) is 0. The average molecular weight is 828 g/mol. The molecule has 0 bridgehead atoms. The molecule has 2 unspecified atom stereocenters. The molecule has 0 aromatic carbocycles. The standard InChI is InChI=1S/C53H97NO5/c1-3-5-7-9-11-13-15-17-19-23-27-31-35-39-43-47-53(58)59-48-44-40-36-32-28-24-20-22-26-30-34-38-42-46-52(57)54-50(49-55)51(56)45-41-37-33-29-25-21-18-16-14-12-10-8-6-4-2/h11,13,17,19,22,26,34,38,50-51,55-56H,3-10,12,14-16,18,20-21,23-25,27-33,35-37,39-49H2,1-2H3,(H,54,57)/b13-11-,19-17-,26-22-,38-34-. The van der Waals surface area contributed by atoms with E-state index in [2.05, 4.69) is 61.7 Å². The Balaban J connectivity index is 3.57.